The molecule has 158 valence electrons. The summed E-state index contributed by atoms with van der Waals surface area (Å²) in [5.74, 6) is 1.25. The van der Waals surface area contributed by atoms with E-state index in [-0.39, 0.29) is 11.9 Å². The van der Waals surface area contributed by atoms with Crippen molar-refractivity contribution in [3.05, 3.63) is 53.7 Å². The lowest BCUT2D eigenvalue weighted by atomic mass is 10.1. The van der Waals surface area contributed by atoms with E-state index in [0.717, 1.165) is 49.3 Å². The number of pyridine rings is 1. The Morgan fingerprint density at radius 3 is 2.77 bits per heavy atom. The van der Waals surface area contributed by atoms with Gasteiger partial charge in [0.1, 0.15) is 17.7 Å². The zero-order chi connectivity index (χ0) is 21.1. The zero-order valence-electron chi connectivity index (χ0n) is 17.7. The average molecular weight is 410 g/mol. The van der Waals surface area contributed by atoms with Crippen LogP contribution in [-0.4, -0.2) is 46.7 Å². The van der Waals surface area contributed by atoms with Crippen LogP contribution in [0.4, 0.5) is 10.3 Å². The van der Waals surface area contributed by atoms with E-state index in [1.165, 1.54) is 6.07 Å². The third-order valence-corrected chi connectivity index (χ3v) is 5.60. The summed E-state index contributed by atoms with van der Waals surface area (Å²) in [6.45, 7) is 8.31. The van der Waals surface area contributed by atoms with Crippen molar-refractivity contribution >= 4 is 16.9 Å². The van der Waals surface area contributed by atoms with E-state index in [1.54, 1.807) is 19.3 Å². The molecule has 0 bridgehead atoms. The molecule has 3 heterocycles. The fourth-order valence-corrected chi connectivity index (χ4v) is 3.84. The van der Waals surface area contributed by atoms with E-state index in [4.69, 9.17) is 4.74 Å². The molecule has 0 unspecified atom stereocenters. The molecule has 0 aliphatic carbocycles. The number of anilines is 1. The van der Waals surface area contributed by atoms with Gasteiger partial charge in [-0.25, -0.2) is 14.4 Å². The summed E-state index contributed by atoms with van der Waals surface area (Å²) < 4.78 is 19.9. The summed E-state index contributed by atoms with van der Waals surface area (Å²) in [4.78, 5) is 15.6. The van der Waals surface area contributed by atoms with Gasteiger partial charge in [-0.1, -0.05) is 0 Å². The molecule has 0 spiro atoms. The Morgan fingerprint density at radius 2 is 2.03 bits per heavy atom. The molecule has 1 aliphatic heterocycles. The number of benzene rings is 1. The lowest BCUT2D eigenvalue weighted by Gasteiger charge is -2.33. The lowest BCUT2D eigenvalue weighted by Crippen LogP contribution is -2.45. The van der Waals surface area contributed by atoms with Gasteiger partial charge in [-0.3, -0.25) is 4.98 Å². The molecule has 1 N–H and O–H groups in total. The largest absolute Gasteiger partial charge is 0.488 e. The second-order valence-electron chi connectivity index (χ2n) is 8.01. The Balaban J connectivity index is 1.32. The van der Waals surface area contributed by atoms with Gasteiger partial charge in [-0.2, -0.15) is 0 Å². The first kappa shape index (κ1) is 20.5. The first-order valence-electron chi connectivity index (χ1n) is 10.5. The van der Waals surface area contributed by atoms with Gasteiger partial charge in [0, 0.05) is 43.3 Å². The van der Waals surface area contributed by atoms with Crippen LogP contribution in [0.2, 0.25) is 0 Å². The van der Waals surface area contributed by atoms with E-state index in [9.17, 15) is 4.39 Å². The molecule has 0 amide bonds. The number of halogens is 1. The van der Waals surface area contributed by atoms with Crippen LogP contribution in [0, 0.1) is 19.7 Å². The average Bonchev–Trinajstić information content (AvgIpc) is 2.75. The topological polar surface area (TPSA) is 63.2 Å². The number of hydrogen-bond donors (Lipinski definition) is 1. The quantitative estimate of drug-likeness (QED) is 0.668. The van der Waals surface area contributed by atoms with Crippen LogP contribution in [0.1, 0.15) is 31.0 Å². The normalized spacial score (nSPS) is 16.1. The van der Waals surface area contributed by atoms with Crippen molar-refractivity contribution in [2.75, 3.05) is 24.5 Å². The first-order chi connectivity index (χ1) is 14.5. The van der Waals surface area contributed by atoms with Crippen LogP contribution in [0.5, 0.6) is 5.75 Å². The van der Waals surface area contributed by atoms with E-state index in [1.807, 2.05) is 25.1 Å². The molecule has 1 fully saturated rings. The third kappa shape index (κ3) is 4.67. The molecule has 6 nitrogen and oxygen atoms in total. The summed E-state index contributed by atoms with van der Waals surface area (Å²) in [5, 5.41) is 4.52. The molecule has 1 aromatic carbocycles. The van der Waals surface area contributed by atoms with Crippen molar-refractivity contribution in [1.29, 1.82) is 0 Å². The maximum atomic E-state index is 14.0. The predicted octanol–water partition coefficient (Wildman–Crippen LogP) is 3.81. The van der Waals surface area contributed by atoms with E-state index in [2.05, 4.69) is 32.1 Å². The summed E-state index contributed by atoms with van der Waals surface area (Å²) in [6.07, 6.45) is 5.54. The molecule has 1 atom stereocenters. The molecule has 7 heteroatoms. The lowest BCUT2D eigenvalue weighted by molar-refractivity contribution is 0.207. The van der Waals surface area contributed by atoms with Crippen molar-refractivity contribution in [3.8, 4) is 5.75 Å². The fourth-order valence-electron chi connectivity index (χ4n) is 3.84. The van der Waals surface area contributed by atoms with Crippen molar-refractivity contribution < 1.29 is 9.13 Å². The highest BCUT2D eigenvalue weighted by Gasteiger charge is 2.22. The molecule has 30 heavy (non-hydrogen) atoms. The fraction of sp³-hybridized carbons (Fsp3) is 0.435. The van der Waals surface area contributed by atoms with E-state index in [0.29, 0.717) is 23.1 Å². The summed E-state index contributed by atoms with van der Waals surface area (Å²) in [6, 6.07) is 7.57. The van der Waals surface area contributed by atoms with Gasteiger partial charge in [0.2, 0.25) is 5.95 Å². The Hall–Kier alpha value is -2.80. The highest BCUT2D eigenvalue weighted by molar-refractivity contribution is 5.82. The summed E-state index contributed by atoms with van der Waals surface area (Å²) in [7, 11) is 0. The van der Waals surface area contributed by atoms with Gasteiger partial charge in [-0.15, -0.1) is 0 Å². The summed E-state index contributed by atoms with van der Waals surface area (Å²) in [5.41, 5.74) is 2.18. The highest BCUT2D eigenvalue weighted by atomic mass is 19.1. The highest BCUT2D eigenvalue weighted by Crippen LogP contribution is 2.24. The van der Waals surface area contributed by atoms with Gasteiger partial charge in [0.25, 0.3) is 0 Å². The molecule has 2 aromatic heterocycles. The second kappa shape index (κ2) is 8.92. The molecule has 3 aromatic rings. The number of aryl methyl sites for hydroxylation is 2. The Labute approximate surface area is 176 Å². The smallest absolute Gasteiger partial charge is 0.226 e. The van der Waals surface area contributed by atoms with Gasteiger partial charge in [0.15, 0.2) is 0 Å². The predicted molar refractivity (Wildman–Crippen MR) is 117 cm³/mol. The minimum atomic E-state index is -0.225. The second-order valence-corrected chi connectivity index (χ2v) is 8.01. The minimum Gasteiger partial charge on any atom is -0.488 e. The van der Waals surface area contributed by atoms with Crippen molar-refractivity contribution in [3.63, 3.8) is 0 Å². The number of piperidine rings is 1. The molecule has 1 saturated heterocycles. The first-order valence-corrected chi connectivity index (χ1v) is 10.5. The standard InChI is InChI=1S/C23H28FN5O/c1-15-11-20-17(3)27-23(28-22(20)12-21(15)24)29-9-6-18(7-10-29)26-13-16(2)30-19-5-4-8-25-14-19/h4-5,8,11-12,14,16,18,26H,6-7,9-10,13H2,1-3H3/t16-/m0/s1. The number of fused-ring (bicyclic) bond motifs is 1. The van der Waals surface area contributed by atoms with Gasteiger partial charge in [0.05, 0.1) is 17.4 Å². The van der Waals surface area contributed by atoms with Crippen LogP contribution < -0.4 is 15.0 Å². The van der Waals surface area contributed by atoms with Crippen LogP contribution in [0.25, 0.3) is 10.9 Å². The molecule has 1 aliphatic rings. The molecule has 0 saturated carbocycles. The number of hydrogen-bond acceptors (Lipinski definition) is 6. The van der Waals surface area contributed by atoms with E-state index >= 15 is 0 Å². The van der Waals surface area contributed by atoms with Crippen LogP contribution in [0.15, 0.2) is 36.7 Å². The van der Waals surface area contributed by atoms with Crippen molar-refractivity contribution in [2.45, 2.75) is 45.8 Å². The SMILES string of the molecule is Cc1cc2c(C)nc(N3CCC(NC[C@H](C)Oc4cccnc4)CC3)nc2cc1F. The van der Waals surface area contributed by atoms with Crippen molar-refractivity contribution in [1.82, 2.24) is 20.3 Å². The Kier molecular flexibility index (Phi) is 6.08. The molecular weight excluding hydrogens is 381 g/mol. The van der Waals surface area contributed by atoms with E-state index < -0.39 is 0 Å². The maximum Gasteiger partial charge on any atom is 0.226 e. The number of nitrogens with zero attached hydrogens (tertiary/aromatic N) is 4. The molecule has 4 rings (SSSR count). The third-order valence-electron chi connectivity index (χ3n) is 5.60. The van der Waals surface area contributed by atoms with Gasteiger partial charge < -0.3 is 15.0 Å². The van der Waals surface area contributed by atoms with Crippen molar-refractivity contribution in [2.24, 2.45) is 0 Å². The minimum absolute atomic E-state index is 0.0667. The Morgan fingerprint density at radius 1 is 1.23 bits per heavy atom. The number of ether oxygens (including phenoxy) is 1. The number of rotatable bonds is 6. The molecule has 0 radical (unpaired) electrons. The number of nitrogens with one attached hydrogen (secondary N) is 1. The van der Waals surface area contributed by atoms with Crippen LogP contribution >= 0.6 is 0 Å². The van der Waals surface area contributed by atoms with Gasteiger partial charge in [-0.05, 0) is 57.4 Å². The Bertz CT molecular complexity index is 1010. The monoisotopic (exact) mass is 409 g/mol. The molecular formula is C23H28FN5O. The zero-order valence-corrected chi connectivity index (χ0v) is 17.7. The van der Waals surface area contributed by atoms with Crippen LogP contribution in [0.3, 0.4) is 0 Å². The maximum absolute atomic E-state index is 14.0. The van der Waals surface area contributed by atoms with Crippen LogP contribution in [-0.2, 0) is 0 Å². The summed E-state index contributed by atoms with van der Waals surface area (Å²) >= 11 is 0. The van der Waals surface area contributed by atoms with Gasteiger partial charge >= 0.3 is 0 Å². The number of aromatic nitrogens is 3.